The number of amides is 1. The number of nitrogens with zero attached hydrogens (tertiary/aromatic N) is 2. The van der Waals surface area contributed by atoms with Crippen LogP contribution in [0.5, 0.6) is 11.5 Å². The molecule has 0 fully saturated rings. The molecular weight excluding hydrogens is 406 g/mol. The van der Waals surface area contributed by atoms with Crippen LogP contribution in [0.3, 0.4) is 0 Å². The lowest BCUT2D eigenvalue weighted by Gasteiger charge is -2.07. The summed E-state index contributed by atoms with van der Waals surface area (Å²) < 4.78 is 16.1. The van der Waals surface area contributed by atoms with E-state index in [4.69, 9.17) is 14.0 Å². The summed E-state index contributed by atoms with van der Waals surface area (Å²) in [4.78, 5) is 16.9. The highest BCUT2D eigenvalue weighted by atomic mass is 16.5. The number of benzene rings is 3. The molecule has 0 aliphatic heterocycles. The Balaban J connectivity index is 1.56. The van der Waals surface area contributed by atoms with Crippen molar-refractivity contribution in [2.24, 2.45) is 0 Å². The lowest BCUT2D eigenvalue weighted by atomic mass is 10.1. The van der Waals surface area contributed by atoms with Gasteiger partial charge in [-0.2, -0.15) is 4.98 Å². The molecule has 0 saturated heterocycles. The zero-order valence-electron chi connectivity index (χ0n) is 17.6. The number of carbonyl (C=O) groups is 1. The third-order valence-electron chi connectivity index (χ3n) is 4.71. The van der Waals surface area contributed by atoms with Gasteiger partial charge in [0.05, 0.1) is 25.5 Å². The molecular formula is C25H21N3O4. The van der Waals surface area contributed by atoms with Crippen LogP contribution in [0.2, 0.25) is 0 Å². The largest absolute Gasteiger partial charge is 0.493 e. The van der Waals surface area contributed by atoms with E-state index in [2.05, 4.69) is 15.5 Å². The average Bonchev–Trinajstić information content (AvgIpc) is 3.33. The highest BCUT2D eigenvalue weighted by molar-refractivity contribution is 6.03. The van der Waals surface area contributed by atoms with Gasteiger partial charge in [-0.3, -0.25) is 4.79 Å². The van der Waals surface area contributed by atoms with Gasteiger partial charge < -0.3 is 19.3 Å². The first-order chi connectivity index (χ1) is 15.7. The third kappa shape index (κ3) is 4.67. The Hall–Kier alpha value is -4.39. The van der Waals surface area contributed by atoms with E-state index in [0.717, 1.165) is 5.56 Å². The molecule has 0 aliphatic carbocycles. The number of methoxy groups -OCH3 is 2. The number of carbonyl (C=O) groups excluding carboxylic acids is 1. The molecule has 0 unspecified atom stereocenters. The van der Waals surface area contributed by atoms with Gasteiger partial charge in [0.25, 0.3) is 5.89 Å². The molecule has 0 spiro atoms. The average molecular weight is 427 g/mol. The predicted octanol–water partition coefficient (Wildman–Crippen LogP) is 5.07. The quantitative estimate of drug-likeness (QED) is 0.414. The predicted molar refractivity (Wildman–Crippen MR) is 122 cm³/mol. The van der Waals surface area contributed by atoms with Crippen LogP contribution in [-0.4, -0.2) is 30.3 Å². The second-order valence-corrected chi connectivity index (χ2v) is 6.77. The minimum absolute atomic E-state index is 0.263. The minimum Gasteiger partial charge on any atom is -0.493 e. The van der Waals surface area contributed by atoms with Crippen LogP contribution in [0.15, 0.2) is 83.4 Å². The fraction of sp³-hybridized carbons (Fsp3) is 0.0800. The van der Waals surface area contributed by atoms with E-state index in [9.17, 15) is 4.79 Å². The number of ether oxygens (including phenoxy) is 2. The van der Waals surface area contributed by atoms with Gasteiger partial charge in [-0.25, -0.2) is 0 Å². The number of para-hydroxylation sites is 1. The van der Waals surface area contributed by atoms with Crippen LogP contribution in [0.4, 0.5) is 5.69 Å². The van der Waals surface area contributed by atoms with Gasteiger partial charge in [-0.1, -0.05) is 47.6 Å². The molecule has 0 aliphatic rings. The summed E-state index contributed by atoms with van der Waals surface area (Å²) in [6.07, 6.45) is 3.23. The molecule has 7 heteroatoms. The van der Waals surface area contributed by atoms with Crippen LogP contribution in [0.25, 0.3) is 28.9 Å². The van der Waals surface area contributed by atoms with Crippen LogP contribution in [0, 0.1) is 0 Å². The van der Waals surface area contributed by atoms with Crippen molar-refractivity contribution in [3.8, 4) is 34.3 Å². The van der Waals surface area contributed by atoms with Gasteiger partial charge in [0.1, 0.15) is 0 Å². The number of hydrogen-bond donors (Lipinski definition) is 1. The summed E-state index contributed by atoms with van der Waals surface area (Å²) in [7, 11) is 3.14. The molecule has 4 rings (SSSR count). The minimum atomic E-state index is -0.263. The normalized spacial score (nSPS) is 10.8. The lowest BCUT2D eigenvalue weighted by Crippen LogP contribution is -2.08. The Labute approximate surface area is 185 Å². The Bertz CT molecular complexity index is 1250. The van der Waals surface area contributed by atoms with E-state index < -0.39 is 0 Å². The van der Waals surface area contributed by atoms with Crippen molar-refractivity contribution < 1.29 is 18.8 Å². The van der Waals surface area contributed by atoms with E-state index in [-0.39, 0.29) is 11.8 Å². The molecule has 1 amide bonds. The molecule has 0 atom stereocenters. The summed E-state index contributed by atoms with van der Waals surface area (Å²) in [6, 6.07) is 22.2. The molecule has 3 aromatic carbocycles. The Morgan fingerprint density at radius 3 is 2.47 bits per heavy atom. The molecule has 1 N–H and O–H groups in total. The van der Waals surface area contributed by atoms with Gasteiger partial charge in [-0.05, 0) is 42.0 Å². The van der Waals surface area contributed by atoms with Crippen molar-refractivity contribution in [2.75, 3.05) is 19.5 Å². The topological polar surface area (TPSA) is 86.5 Å². The number of hydrogen-bond acceptors (Lipinski definition) is 6. The van der Waals surface area contributed by atoms with Crippen molar-refractivity contribution in [2.45, 2.75) is 0 Å². The Morgan fingerprint density at radius 2 is 1.69 bits per heavy atom. The van der Waals surface area contributed by atoms with E-state index in [1.54, 1.807) is 38.5 Å². The summed E-state index contributed by atoms with van der Waals surface area (Å²) in [6.45, 7) is 0. The molecule has 32 heavy (non-hydrogen) atoms. The van der Waals surface area contributed by atoms with Gasteiger partial charge in [-0.15, -0.1) is 0 Å². The van der Waals surface area contributed by atoms with Gasteiger partial charge in [0.2, 0.25) is 11.7 Å². The first kappa shape index (κ1) is 20.9. The van der Waals surface area contributed by atoms with Crippen LogP contribution in [0.1, 0.15) is 5.56 Å². The smallest absolute Gasteiger partial charge is 0.260 e. The van der Waals surface area contributed by atoms with Gasteiger partial charge in [0, 0.05) is 11.6 Å². The molecule has 160 valence electrons. The maximum Gasteiger partial charge on any atom is 0.260 e. The van der Waals surface area contributed by atoms with Crippen molar-refractivity contribution in [3.63, 3.8) is 0 Å². The summed E-state index contributed by atoms with van der Waals surface area (Å²) in [5.74, 6) is 1.59. The second kappa shape index (κ2) is 9.61. The first-order valence-electron chi connectivity index (χ1n) is 9.87. The second-order valence-electron chi connectivity index (χ2n) is 6.77. The van der Waals surface area contributed by atoms with E-state index in [0.29, 0.717) is 34.1 Å². The molecule has 0 bridgehead atoms. The third-order valence-corrected chi connectivity index (χ3v) is 4.71. The summed E-state index contributed by atoms with van der Waals surface area (Å²) in [5, 5.41) is 6.95. The van der Waals surface area contributed by atoms with Crippen molar-refractivity contribution in [1.82, 2.24) is 10.1 Å². The molecule has 0 saturated carbocycles. The van der Waals surface area contributed by atoms with Crippen molar-refractivity contribution >= 4 is 17.7 Å². The standard InChI is InChI=1S/C25H21N3O4/c1-30-21-14-13-18(16-22(21)31-2)24-27-25(32-28-24)19-10-6-7-11-20(19)26-23(29)15-12-17-8-4-3-5-9-17/h3-16H,1-2H3,(H,26,29)/b15-12+. The first-order valence-corrected chi connectivity index (χ1v) is 9.87. The number of aromatic nitrogens is 2. The van der Waals surface area contributed by atoms with Gasteiger partial charge in [0.15, 0.2) is 11.5 Å². The molecule has 7 nitrogen and oxygen atoms in total. The maximum atomic E-state index is 12.4. The van der Waals surface area contributed by atoms with Crippen LogP contribution in [-0.2, 0) is 4.79 Å². The van der Waals surface area contributed by atoms with E-state index in [1.807, 2.05) is 54.6 Å². The van der Waals surface area contributed by atoms with E-state index in [1.165, 1.54) is 6.08 Å². The van der Waals surface area contributed by atoms with Crippen molar-refractivity contribution in [3.05, 3.63) is 84.4 Å². The summed E-state index contributed by atoms with van der Waals surface area (Å²) >= 11 is 0. The highest BCUT2D eigenvalue weighted by Gasteiger charge is 2.16. The van der Waals surface area contributed by atoms with E-state index >= 15 is 0 Å². The fourth-order valence-corrected chi connectivity index (χ4v) is 3.11. The Morgan fingerprint density at radius 1 is 0.938 bits per heavy atom. The zero-order chi connectivity index (χ0) is 22.3. The monoisotopic (exact) mass is 427 g/mol. The van der Waals surface area contributed by atoms with Crippen molar-refractivity contribution in [1.29, 1.82) is 0 Å². The van der Waals surface area contributed by atoms with Crippen LogP contribution >= 0.6 is 0 Å². The number of anilines is 1. The highest BCUT2D eigenvalue weighted by Crippen LogP contribution is 2.33. The Kier molecular flexibility index (Phi) is 6.27. The lowest BCUT2D eigenvalue weighted by molar-refractivity contribution is -0.111. The molecule has 1 aromatic heterocycles. The SMILES string of the molecule is COc1ccc(-c2noc(-c3ccccc3NC(=O)/C=C/c3ccccc3)n2)cc1OC. The maximum absolute atomic E-state index is 12.4. The fourth-order valence-electron chi connectivity index (χ4n) is 3.11. The zero-order valence-corrected chi connectivity index (χ0v) is 17.6. The molecule has 0 radical (unpaired) electrons. The number of nitrogens with one attached hydrogen (secondary N) is 1. The van der Waals surface area contributed by atoms with Crippen LogP contribution < -0.4 is 14.8 Å². The molecule has 4 aromatic rings. The molecule has 1 heterocycles. The summed E-state index contributed by atoms with van der Waals surface area (Å²) in [5.41, 5.74) is 2.84. The van der Waals surface area contributed by atoms with Gasteiger partial charge >= 0.3 is 0 Å². The number of rotatable bonds is 7.